The van der Waals surface area contributed by atoms with Crippen LogP contribution in [-0.2, 0) is 16.1 Å². The van der Waals surface area contributed by atoms with Gasteiger partial charge in [-0.3, -0.25) is 14.7 Å². The van der Waals surface area contributed by atoms with Gasteiger partial charge in [0.25, 0.3) is 0 Å². The van der Waals surface area contributed by atoms with E-state index in [0.717, 1.165) is 24.9 Å². The molecule has 0 saturated carbocycles. The number of carbonyl (C=O) groups is 1. The van der Waals surface area contributed by atoms with Crippen molar-refractivity contribution < 1.29 is 9.53 Å². The molecule has 2 unspecified atom stereocenters. The Morgan fingerprint density at radius 2 is 2.04 bits per heavy atom. The Morgan fingerprint density at radius 1 is 1.22 bits per heavy atom. The monoisotopic (exact) mass is 310 g/mol. The Bertz CT molecular complexity index is 630. The Morgan fingerprint density at radius 3 is 2.74 bits per heavy atom. The van der Waals surface area contributed by atoms with E-state index in [1.54, 1.807) is 6.20 Å². The molecule has 2 atom stereocenters. The summed E-state index contributed by atoms with van der Waals surface area (Å²) >= 11 is 0. The summed E-state index contributed by atoms with van der Waals surface area (Å²) in [5.74, 6) is -0.116. The molecule has 1 aliphatic rings. The number of carbonyl (C=O) groups excluding carboxylic acids is 1. The van der Waals surface area contributed by atoms with Crippen molar-refractivity contribution >= 4 is 5.97 Å². The van der Waals surface area contributed by atoms with Gasteiger partial charge in [-0.05, 0) is 37.0 Å². The van der Waals surface area contributed by atoms with E-state index in [2.05, 4.69) is 28.1 Å². The highest BCUT2D eigenvalue weighted by Crippen LogP contribution is 2.37. The van der Waals surface area contributed by atoms with Gasteiger partial charge >= 0.3 is 5.97 Å². The third kappa shape index (κ3) is 3.59. The molecule has 2 aromatic rings. The molecule has 0 amide bonds. The van der Waals surface area contributed by atoms with Crippen LogP contribution < -0.4 is 0 Å². The van der Waals surface area contributed by atoms with Crippen molar-refractivity contribution in [3.05, 3.63) is 66.0 Å². The van der Waals surface area contributed by atoms with E-state index in [9.17, 15) is 4.79 Å². The molecular formula is C19H22N2O2. The molecule has 1 aromatic carbocycles. The maximum Gasteiger partial charge on any atom is 0.323 e. The molecule has 3 rings (SSSR count). The molecular weight excluding hydrogens is 288 g/mol. The minimum atomic E-state index is -0.180. The third-order valence-electron chi connectivity index (χ3n) is 4.35. The smallest absolute Gasteiger partial charge is 0.323 e. The average molecular weight is 310 g/mol. The highest BCUT2D eigenvalue weighted by atomic mass is 16.5. The van der Waals surface area contributed by atoms with Crippen LogP contribution in [0.15, 0.2) is 54.9 Å². The van der Waals surface area contributed by atoms with Gasteiger partial charge in [-0.1, -0.05) is 36.4 Å². The summed E-state index contributed by atoms with van der Waals surface area (Å²) in [4.78, 5) is 18.8. The van der Waals surface area contributed by atoms with E-state index in [4.69, 9.17) is 4.74 Å². The Hall–Kier alpha value is -2.20. The quantitative estimate of drug-likeness (QED) is 0.794. The van der Waals surface area contributed by atoms with Gasteiger partial charge < -0.3 is 4.74 Å². The van der Waals surface area contributed by atoms with E-state index >= 15 is 0 Å². The van der Waals surface area contributed by atoms with Crippen molar-refractivity contribution in [3.63, 3.8) is 0 Å². The van der Waals surface area contributed by atoms with Gasteiger partial charge in [-0.2, -0.15) is 0 Å². The standard InChI is InChI=1S/C19H22N2O2/c1-2-23-19(22)18-11-10-17(16-9-6-12-20-13-16)21(18)14-15-7-4-3-5-8-15/h3-9,12-13,17-18H,2,10-11,14H2,1H3. The molecule has 2 heterocycles. The van der Waals surface area contributed by atoms with Crippen molar-refractivity contribution in [2.45, 2.75) is 38.4 Å². The lowest BCUT2D eigenvalue weighted by Gasteiger charge is -2.29. The molecule has 4 heteroatoms. The second kappa shape index (κ2) is 7.38. The van der Waals surface area contributed by atoms with Crippen molar-refractivity contribution in [2.24, 2.45) is 0 Å². The van der Waals surface area contributed by atoms with Crippen LogP contribution >= 0.6 is 0 Å². The van der Waals surface area contributed by atoms with E-state index in [1.165, 1.54) is 5.56 Å². The summed E-state index contributed by atoms with van der Waals surface area (Å²) in [6, 6.07) is 14.3. The fourth-order valence-electron chi connectivity index (χ4n) is 3.30. The first-order valence-electron chi connectivity index (χ1n) is 8.16. The largest absolute Gasteiger partial charge is 0.465 e. The van der Waals surface area contributed by atoms with Crippen LogP contribution in [0.5, 0.6) is 0 Å². The first kappa shape index (κ1) is 15.7. The van der Waals surface area contributed by atoms with E-state index in [1.807, 2.05) is 37.4 Å². The lowest BCUT2D eigenvalue weighted by molar-refractivity contribution is -0.149. The van der Waals surface area contributed by atoms with E-state index < -0.39 is 0 Å². The van der Waals surface area contributed by atoms with Crippen molar-refractivity contribution in [1.29, 1.82) is 0 Å². The van der Waals surface area contributed by atoms with Gasteiger partial charge in [-0.15, -0.1) is 0 Å². The number of esters is 1. The minimum Gasteiger partial charge on any atom is -0.465 e. The van der Waals surface area contributed by atoms with Crippen LogP contribution in [0.3, 0.4) is 0 Å². The lowest BCUT2D eigenvalue weighted by Crippen LogP contribution is -2.38. The Labute approximate surface area is 137 Å². The zero-order valence-corrected chi connectivity index (χ0v) is 13.4. The summed E-state index contributed by atoms with van der Waals surface area (Å²) < 4.78 is 5.28. The molecule has 1 fully saturated rings. The average Bonchev–Trinajstić information content (AvgIpc) is 3.00. The highest BCUT2D eigenvalue weighted by molar-refractivity contribution is 5.76. The highest BCUT2D eigenvalue weighted by Gasteiger charge is 2.39. The number of ether oxygens (including phenoxy) is 1. The molecule has 0 N–H and O–H groups in total. The first-order chi connectivity index (χ1) is 11.3. The number of rotatable bonds is 5. The number of nitrogens with zero attached hydrogens (tertiary/aromatic N) is 2. The molecule has 0 bridgehead atoms. The number of aromatic nitrogens is 1. The third-order valence-corrected chi connectivity index (χ3v) is 4.35. The molecule has 1 aromatic heterocycles. The second-order valence-electron chi connectivity index (χ2n) is 5.81. The fourth-order valence-corrected chi connectivity index (χ4v) is 3.30. The van der Waals surface area contributed by atoms with Gasteiger partial charge in [0, 0.05) is 25.0 Å². The van der Waals surface area contributed by atoms with Crippen molar-refractivity contribution in [1.82, 2.24) is 9.88 Å². The molecule has 1 aliphatic heterocycles. The zero-order chi connectivity index (χ0) is 16.1. The Balaban J connectivity index is 1.86. The van der Waals surface area contributed by atoms with Crippen LogP contribution in [-0.4, -0.2) is 28.5 Å². The Kier molecular flexibility index (Phi) is 5.03. The predicted octanol–water partition coefficient (Wildman–Crippen LogP) is 3.35. The number of pyridine rings is 1. The molecule has 120 valence electrons. The van der Waals surface area contributed by atoms with Gasteiger partial charge in [-0.25, -0.2) is 0 Å². The summed E-state index contributed by atoms with van der Waals surface area (Å²) in [6.45, 7) is 3.02. The summed E-state index contributed by atoms with van der Waals surface area (Å²) in [7, 11) is 0. The number of likely N-dealkylation sites (tertiary alicyclic amines) is 1. The fraction of sp³-hybridized carbons (Fsp3) is 0.368. The van der Waals surface area contributed by atoms with Gasteiger partial charge in [0.1, 0.15) is 6.04 Å². The first-order valence-corrected chi connectivity index (χ1v) is 8.16. The molecule has 0 radical (unpaired) electrons. The van der Waals surface area contributed by atoms with Crippen LogP contribution in [0.2, 0.25) is 0 Å². The number of hydrogen-bond acceptors (Lipinski definition) is 4. The molecule has 0 aliphatic carbocycles. The zero-order valence-electron chi connectivity index (χ0n) is 13.4. The number of hydrogen-bond donors (Lipinski definition) is 0. The van der Waals surface area contributed by atoms with Crippen LogP contribution in [0.1, 0.15) is 36.9 Å². The molecule has 23 heavy (non-hydrogen) atoms. The van der Waals surface area contributed by atoms with Gasteiger partial charge in [0.2, 0.25) is 0 Å². The van der Waals surface area contributed by atoms with Crippen molar-refractivity contribution in [3.8, 4) is 0 Å². The topological polar surface area (TPSA) is 42.4 Å². The van der Waals surface area contributed by atoms with Gasteiger partial charge in [0.15, 0.2) is 0 Å². The maximum atomic E-state index is 12.3. The number of benzene rings is 1. The van der Waals surface area contributed by atoms with Gasteiger partial charge in [0.05, 0.1) is 6.61 Å². The summed E-state index contributed by atoms with van der Waals surface area (Å²) in [5, 5.41) is 0. The van der Waals surface area contributed by atoms with E-state index in [0.29, 0.717) is 6.61 Å². The molecule has 1 saturated heterocycles. The molecule has 0 spiro atoms. The van der Waals surface area contributed by atoms with Crippen LogP contribution in [0.4, 0.5) is 0 Å². The van der Waals surface area contributed by atoms with Crippen LogP contribution in [0, 0.1) is 0 Å². The summed E-state index contributed by atoms with van der Waals surface area (Å²) in [5.41, 5.74) is 2.37. The van der Waals surface area contributed by atoms with Crippen LogP contribution in [0.25, 0.3) is 0 Å². The normalized spacial score (nSPS) is 21.3. The predicted molar refractivity (Wildman–Crippen MR) is 88.6 cm³/mol. The minimum absolute atomic E-state index is 0.116. The molecule has 4 nitrogen and oxygen atoms in total. The maximum absolute atomic E-state index is 12.3. The van der Waals surface area contributed by atoms with Crippen molar-refractivity contribution in [2.75, 3.05) is 6.61 Å². The van der Waals surface area contributed by atoms with E-state index in [-0.39, 0.29) is 18.1 Å². The summed E-state index contributed by atoms with van der Waals surface area (Å²) in [6.07, 6.45) is 5.45. The second-order valence-corrected chi connectivity index (χ2v) is 5.81. The lowest BCUT2D eigenvalue weighted by atomic mass is 10.1. The SMILES string of the molecule is CCOC(=O)C1CCC(c2cccnc2)N1Cc1ccccc1.